The second kappa shape index (κ2) is 6.71. The van der Waals surface area contributed by atoms with E-state index in [1.54, 1.807) is 115 Å². The van der Waals surface area contributed by atoms with Crippen molar-refractivity contribution in [1.82, 2.24) is 0 Å². The molecule has 30 heavy (non-hydrogen) atoms. The molecule has 0 spiro atoms. The van der Waals surface area contributed by atoms with Crippen LogP contribution < -0.4 is 0 Å². The van der Waals surface area contributed by atoms with E-state index >= 15 is 0 Å². The van der Waals surface area contributed by atoms with Crippen molar-refractivity contribution in [1.29, 1.82) is 0 Å². The molecule has 2 aliphatic heterocycles. The third-order valence-corrected chi connectivity index (χ3v) is 20.5. The molecule has 0 aromatic rings. The van der Waals surface area contributed by atoms with Crippen LogP contribution in [0.4, 0.5) is 0 Å². The molecule has 0 aromatic carbocycles. The Morgan fingerprint density at radius 1 is 0.433 bits per heavy atom. The zero-order valence-electron chi connectivity index (χ0n) is 19.2. The van der Waals surface area contributed by atoms with Gasteiger partial charge >= 0.3 is 0 Å². The summed E-state index contributed by atoms with van der Waals surface area (Å²) < 4.78 is 0. The molecule has 0 aromatic heterocycles. The van der Waals surface area contributed by atoms with Crippen molar-refractivity contribution in [3.05, 3.63) is 0 Å². The van der Waals surface area contributed by atoms with Gasteiger partial charge in [0.15, 0.2) is 0 Å². The van der Waals surface area contributed by atoms with E-state index in [1.165, 1.54) is 46.8 Å². The van der Waals surface area contributed by atoms with Gasteiger partial charge in [0, 0.05) is 0 Å². The Morgan fingerprint density at radius 2 is 0.733 bits per heavy atom. The largest absolute Gasteiger partial charge is 0.0965 e. The van der Waals surface area contributed by atoms with E-state index in [4.69, 9.17) is 0 Å². The molecule has 10 rings (SSSR count). The highest BCUT2D eigenvalue weighted by molar-refractivity contribution is 7.64. The topological polar surface area (TPSA) is 0 Å². The highest BCUT2D eigenvalue weighted by Gasteiger charge is 2.60. The molecule has 4 atom stereocenters. The van der Waals surface area contributed by atoms with Gasteiger partial charge in [-0.05, 0) is 172 Å². The van der Waals surface area contributed by atoms with Gasteiger partial charge in [-0.25, -0.2) is 0 Å². The molecular formula is C28H44P2. The Labute approximate surface area is 188 Å². The molecule has 0 unspecified atom stereocenters. The van der Waals surface area contributed by atoms with Crippen LogP contribution in [0.1, 0.15) is 103 Å². The quantitative estimate of drug-likeness (QED) is 0.386. The van der Waals surface area contributed by atoms with Crippen LogP contribution in [0.2, 0.25) is 0 Å². The van der Waals surface area contributed by atoms with Gasteiger partial charge in [-0.2, -0.15) is 0 Å². The van der Waals surface area contributed by atoms with E-state index in [0.29, 0.717) is 15.8 Å². The Bertz CT molecular complexity index is 581. The summed E-state index contributed by atoms with van der Waals surface area (Å²) >= 11 is 0. The molecule has 0 amide bonds. The summed E-state index contributed by atoms with van der Waals surface area (Å²) in [6.45, 7) is 0. The van der Waals surface area contributed by atoms with Crippen LogP contribution in [0.3, 0.4) is 0 Å². The van der Waals surface area contributed by atoms with E-state index < -0.39 is 0 Å². The van der Waals surface area contributed by atoms with Crippen molar-refractivity contribution < 1.29 is 0 Å². The first-order chi connectivity index (χ1) is 14.7. The highest BCUT2D eigenvalue weighted by atomic mass is 31.1. The summed E-state index contributed by atoms with van der Waals surface area (Å²) in [7, 11) is 0.709. The van der Waals surface area contributed by atoms with Gasteiger partial charge in [-0.15, -0.1) is 0 Å². The monoisotopic (exact) mass is 442 g/mol. The first kappa shape index (κ1) is 19.2. The zero-order valence-corrected chi connectivity index (χ0v) is 21.0. The summed E-state index contributed by atoms with van der Waals surface area (Å²) in [5.41, 5.74) is 2.50. The molecule has 8 bridgehead atoms. The van der Waals surface area contributed by atoms with Crippen molar-refractivity contribution >= 4 is 15.8 Å². The van der Waals surface area contributed by atoms with Crippen molar-refractivity contribution in [2.45, 2.75) is 124 Å². The Balaban J connectivity index is 1.10. The third-order valence-electron chi connectivity index (χ3n) is 12.3. The fourth-order valence-electron chi connectivity index (χ4n) is 12.4. The summed E-state index contributed by atoms with van der Waals surface area (Å²) in [5.74, 6) is 7.05. The summed E-state index contributed by atoms with van der Waals surface area (Å²) in [6, 6.07) is 0. The van der Waals surface area contributed by atoms with Crippen LogP contribution >= 0.6 is 15.8 Å². The summed E-state index contributed by atoms with van der Waals surface area (Å²) in [6.07, 6.45) is 30.2. The molecule has 8 aliphatic carbocycles. The lowest BCUT2D eigenvalue weighted by atomic mass is 9.56. The summed E-state index contributed by atoms with van der Waals surface area (Å²) in [5, 5.41) is 1.83. The fourth-order valence-corrected chi connectivity index (χ4v) is 22.5. The maximum atomic E-state index is 1.71. The zero-order chi connectivity index (χ0) is 19.5. The van der Waals surface area contributed by atoms with E-state index in [2.05, 4.69) is 0 Å². The minimum absolute atomic E-state index is 0.355. The SMILES string of the molecule is C1C[C@H]([C@H]2CCC[P@]2C23CC4CC(CC(C4)C2)C3)[P@@](C23CC4CC(CC(C4)C2)C3)C1. The first-order valence-electron chi connectivity index (χ1n) is 14.2. The van der Waals surface area contributed by atoms with Crippen LogP contribution in [-0.2, 0) is 0 Å². The van der Waals surface area contributed by atoms with Gasteiger partial charge in [0.2, 0.25) is 0 Å². The molecule has 2 heterocycles. The average Bonchev–Trinajstić information content (AvgIpc) is 3.36. The van der Waals surface area contributed by atoms with E-state index in [-0.39, 0.29) is 0 Å². The second-order valence-corrected chi connectivity index (χ2v) is 20.1. The van der Waals surface area contributed by atoms with Gasteiger partial charge in [-0.1, -0.05) is 15.8 Å². The molecule has 166 valence electrons. The predicted octanol–water partition coefficient (Wildman–Crippen LogP) is 8.21. The lowest BCUT2D eigenvalue weighted by Gasteiger charge is -2.62. The average molecular weight is 443 g/mol. The van der Waals surface area contributed by atoms with Crippen LogP contribution in [0, 0.1) is 35.5 Å². The molecule has 10 fully saturated rings. The number of hydrogen-bond donors (Lipinski definition) is 0. The Morgan fingerprint density at radius 3 is 1.03 bits per heavy atom. The predicted molar refractivity (Wildman–Crippen MR) is 131 cm³/mol. The fraction of sp³-hybridized carbons (Fsp3) is 1.00. The van der Waals surface area contributed by atoms with Gasteiger partial charge in [0.05, 0.1) is 0 Å². The Kier molecular flexibility index (Phi) is 4.30. The van der Waals surface area contributed by atoms with Crippen LogP contribution in [0.15, 0.2) is 0 Å². The second-order valence-electron chi connectivity index (χ2n) is 14.1. The van der Waals surface area contributed by atoms with E-state index in [1.807, 2.05) is 0 Å². The van der Waals surface area contributed by atoms with Gasteiger partial charge in [0.1, 0.15) is 0 Å². The molecule has 0 N–H and O–H groups in total. The molecule has 0 nitrogen and oxygen atoms in total. The molecule has 2 saturated heterocycles. The van der Waals surface area contributed by atoms with Crippen molar-refractivity contribution in [2.24, 2.45) is 35.5 Å². The van der Waals surface area contributed by atoms with Gasteiger partial charge in [0.25, 0.3) is 0 Å². The maximum Gasteiger partial charge on any atom is -0.00838 e. The molecule has 10 aliphatic rings. The van der Waals surface area contributed by atoms with E-state index in [9.17, 15) is 0 Å². The Hall–Kier alpha value is 0.860. The minimum atomic E-state index is 0.355. The highest BCUT2D eigenvalue weighted by Crippen LogP contribution is 2.79. The van der Waals surface area contributed by atoms with Crippen molar-refractivity contribution in [3.8, 4) is 0 Å². The van der Waals surface area contributed by atoms with E-state index in [0.717, 1.165) is 10.3 Å². The molecule has 8 saturated carbocycles. The minimum Gasteiger partial charge on any atom is -0.0965 e. The standard InChI is InChI=1S/C28H44P2/c1-3-25(29(5-1)27-13-19-7-20(14-27)9-21(8-19)15-27)26-4-2-6-30(26)28-16-22-10-23(17-28)12-24(11-22)18-28/h19-26H,1-18H2/t19?,20?,21?,22?,23?,24?,25-,26-,27?,28?,29+,30+/m1/s1. The van der Waals surface area contributed by atoms with Crippen LogP contribution in [-0.4, -0.2) is 34.0 Å². The van der Waals surface area contributed by atoms with Crippen LogP contribution in [0.5, 0.6) is 0 Å². The first-order valence-corrected chi connectivity index (χ1v) is 17.4. The van der Waals surface area contributed by atoms with Crippen LogP contribution in [0.25, 0.3) is 0 Å². The number of hydrogen-bond acceptors (Lipinski definition) is 0. The summed E-state index contributed by atoms with van der Waals surface area (Å²) in [4.78, 5) is 0. The smallest absolute Gasteiger partial charge is 0.00838 e. The maximum absolute atomic E-state index is 1.71. The number of rotatable bonds is 3. The molecular weight excluding hydrogens is 398 g/mol. The third kappa shape index (κ3) is 2.71. The van der Waals surface area contributed by atoms with Gasteiger partial charge < -0.3 is 0 Å². The van der Waals surface area contributed by atoms with Crippen molar-refractivity contribution in [3.63, 3.8) is 0 Å². The lowest BCUT2D eigenvalue weighted by Crippen LogP contribution is -2.52. The van der Waals surface area contributed by atoms with Gasteiger partial charge in [-0.3, -0.25) is 0 Å². The van der Waals surface area contributed by atoms with Crippen molar-refractivity contribution in [2.75, 3.05) is 12.3 Å². The lowest BCUT2D eigenvalue weighted by molar-refractivity contribution is 0.0345. The molecule has 0 radical (unpaired) electrons. The normalized spacial score (nSPS) is 63.2. The molecule has 2 heteroatoms.